The quantitative estimate of drug-likeness (QED) is 0.674. The smallest absolute Gasteiger partial charge is 0.194 e. The molecule has 0 aliphatic carbocycles. The van der Waals surface area contributed by atoms with Gasteiger partial charge in [-0.05, 0) is 13.3 Å². The third kappa shape index (κ3) is 3.06. The van der Waals surface area contributed by atoms with Gasteiger partial charge < -0.3 is 5.73 Å². The van der Waals surface area contributed by atoms with Gasteiger partial charge in [0.2, 0.25) is 0 Å². The molecule has 5 nitrogen and oxygen atoms in total. The Bertz CT molecular complexity index is 242. The van der Waals surface area contributed by atoms with Crippen molar-refractivity contribution in [2.24, 2.45) is 5.73 Å². The fourth-order valence-corrected chi connectivity index (χ4v) is 1.43. The second-order valence-electron chi connectivity index (χ2n) is 3.96. The Morgan fingerprint density at radius 1 is 1.36 bits per heavy atom. The van der Waals surface area contributed by atoms with E-state index in [4.69, 9.17) is 5.73 Å². The Morgan fingerprint density at radius 3 is 2.71 bits per heavy atom. The molecule has 1 unspecified atom stereocenters. The van der Waals surface area contributed by atoms with Crippen molar-refractivity contribution >= 4 is 0 Å². The van der Waals surface area contributed by atoms with Crippen molar-refractivity contribution in [3.63, 3.8) is 0 Å². The molecule has 0 aliphatic heterocycles. The molecule has 1 atom stereocenters. The first-order valence-corrected chi connectivity index (χ1v) is 5.19. The SMILES string of the molecule is CCCCCCC(C)(N)c1nn[nH]n1. The lowest BCUT2D eigenvalue weighted by molar-refractivity contribution is 0.401. The molecule has 0 amide bonds. The number of hydrogen-bond acceptors (Lipinski definition) is 4. The van der Waals surface area contributed by atoms with Gasteiger partial charge in [0.25, 0.3) is 0 Å². The van der Waals surface area contributed by atoms with E-state index in [0.29, 0.717) is 5.82 Å². The molecule has 1 rings (SSSR count). The number of aromatic amines is 1. The number of rotatable bonds is 6. The minimum absolute atomic E-state index is 0.444. The first-order chi connectivity index (χ1) is 6.67. The highest BCUT2D eigenvalue weighted by molar-refractivity contribution is 4.97. The second-order valence-corrected chi connectivity index (χ2v) is 3.96. The van der Waals surface area contributed by atoms with E-state index in [1.807, 2.05) is 6.92 Å². The van der Waals surface area contributed by atoms with Crippen LogP contribution in [0.15, 0.2) is 0 Å². The Balaban J connectivity index is 2.35. The van der Waals surface area contributed by atoms with Crippen molar-refractivity contribution < 1.29 is 0 Å². The molecule has 0 radical (unpaired) electrons. The Hall–Kier alpha value is -0.970. The molecule has 0 saturated heterocycles. The molecule has 0 spiro atoms. The van der Waals surface area contributed by atoms with E-state index in [-0.39, 0.29) is 0 Å². The monoisotopic (exact) mass is 197 g/mol. The number of unbranched alkanes of at least 4 members (excludes halogenated alkanes) is 3. The maximum atomic E-state index is 6.08. The summed E-state index contributed by atoms with van der Waals surface area (Å²) in [5.74, 6) is 0.606. The zero-order valence-electron chi connectivity index (χ0n) is 8.95. The minimum Gasteiger partial charge on any atom is -0.319 e. The van der Waals surface area contributed by atoms with Crippen LogP contribution in [-0.2, 0) is 5.54 Å². The number of hydrogen-bond donors (Lipinski definition) is 2. The van der Waals surface area contributed by atoms with E-state index in [2.05, 4.69) is 27.5 Å². The van der Waals surface area contributed by atoms with Crippen LogP contribution < -0.4 is 5.73 Å². The molecule has 80 valence electrons. The molecule has 0 saturated carbocycles. The van der Waals surface area contributed by atoms with Crippen molar-refractivity contribution in [1.29, 1.82) is 0 Å². The van der Waals surface area contributed by atoms with Crippen LogP contribution in [0.1, 0.15) is 51.8 Å². The number of nitrogens with zero attached hydrogens (tertiary/aromatic N) is 3. The average molecular weight is 197 g/mol. The Morgan fingerprint density at radius 2 is 2.14 bits per heavy atom. The second kappa shape index (κ2) is 5.05. The van der Waals surface area contributed by atoms with Crippen molar-refractivity contribution in [1.82, 2.24) is 20.6 Å². The highest BCUT2D eigenvalue weighted by Gasteiger charge is 2.25. The van der Waals surface area contributed by atoms with Crippen LogP contribution in [-0.4, -0.2) is 20.6 Å². The van der Waals surface area contributed by atoms with Gasteiger partial charge >= 0.3 is 0 Å². The molecule has 3 N–H and O–H groups in total. The standard InChI is InChI=1S/C9H19N5/c1-3-4-5-6-7-9(2,10)8-11-13-14-12-8/h3-7,10H2,1-2H3,(H,11,12,13,14). The van der Waals surface area contributed by atoms with Gasteiger partial charge in [-0.25, -0.2) is 0 Å². The molecule has 0 fully saturated rings. The maximum absolute atomic E-state index is 6.08. The van der Waals surface area contributed by atoms with Gasteiger partial charge in [0.15, 0.2) is 5.82 Å². The molecule has 0 bridgehead atoms. The number of H-pyrrole nitrogens is 1. The van der Waals surface area contributed by atoms with Gasteiger partial charge in [0.05, 0.1) is 5.54 Å². The van der Waals surface area contributed by atoms with Gasteiger partial charge in [0, 0.05) is 0 Å². The molecular weight excluding hydrogens is 178 g/mol. The molecule has 14 heavy (non-hydrogen) atoms. The fraction of sp³-hybridized carbons (Fsp3) is 0.889. The zero-order valence-corrected chi connectivity index (χ0v) is 8.95. The van der Waals surface area contributed by atoms with Crippen LogP contribution in [0.25, 0.3) is 0 Å². The van der Waals surface area contributed by atoms with Gasteiger partial charge in [-0.1, -0.05) is 37.8 Å². The van der Waals surface area contributed by atoms with E-state index in [1.165, 1.54) is 19.3 Å². The molecule has 0 aliphatic rings. The first kappa shape index (κ1) is 11.1. The van der Waals surface area contributed by atoms with Crippen molar-refractivity contribution in [2.45, 2.75) is 51.5 Å². The maximum Gasteiger partial charge on any atom is 0.194 e. The van der Waals surface area contributed by atoms with Gasteiger partial charge in [0.1, 0.15) is 0 Å². The molecule has 5 heteroatoms. The largest absolute Gasteiger partial charge is 0.319 e. The van der Waals surface area contributed by atoms with E-state index in [1.54, 1.807) is 0 Å². The molecule has 0 aromatic carbocycles. The third-order valence-electron chi connectivity index (χ3n) is 2.41. The summed E-state index contributed by atoms with van der Waals surface area (Å²) in [6.07, 6.45) is 5.76. The van der Waals surface area contributed by atoms with Gasteiger partial charge in [-0.15, -0.1) is 10.2 Å². The van der Waals surface area contributed by atoms with E-state index in [9.17, 15) is 0 Å². The lowest BCUT2D eigenvalue weighted by atomic mass is 9.95. The summed E-state index contributed by atoms with van der Waals surface area (Å²) in [6, 6.07) is 0. The third-order valence-corrected chi connectivity index (χ3v) is 2.41. The molecule has 1 heterocycles. The normalized spacial score (nSPS) is 15.4. The van der Waals surface area contributed by atoms with Gasteiger partial charge in [-0.3, -0.25) is 0 Å². The summed E-state index contributed by atoms with van der Waals surface area (Å²) in [5, 5.41) is 13.8. The highest BCUT2D eigenvalue weighted by Crippen LogP contribution is 2.20. The summed E-state index contributed by atoms with van der Waals surface area (Å²) < 4.78 is 0. The fourth-order valence-electron chi connectivity index (χ4n) is 1.43. The predicted molar refractivity (Wildman–Crippen MR) is 54.5 cm³/mol. The van der Waals surface area contributed by atoms with Crippen LogP contribution in [0.5, 0.6) is 0 Å². The van der Waals surface area contributed by atoms with Crippen molar-refractivity contribution in [2.75, 3.05) is 0 Å². The first-order valence-electron chi connectivity index (χ1n) is 5.19. The number of nitrogens with one attached hydrogen (secondary N) is 1. The van der Waals surface area contributed by atoms with E-state index >= 15 is 0 Å². The summed E-state index contributed by atoms with van der Waals surface area (Å²) in [6.45, 7) is 4.14. The van der Waals surface area contributed by atoms with E-state index in [0.717, 1.165) is 12.8 Å². The average Bonchev–Trinajstić information content (AvgIpc) is 2.65. The summed E-state index contributed by atoms with van der Waals surface area (Å²) in [7, 11) is 0. The van der Waals surface area contributed by atoms with Gasteiger partial charge in [-0.2, -0.15) is 5.21 Å². The Labute approximate surface area is 84.5 Å². The molecular formula is C9H19N5. The van der Waals surface area contributed by atoms with E-state index < -0.39 is 5.54 Å². The summed E-state index contributed by atoms with van der Waals surface area (Å²) in [4.78, 5) is 0. The number of nitrogens with two attached hydrogens (primary N) is 1. The van der Waals surface area contributed by atoms with Crippen molar-refractivity contribution in [3.05, 3.63) is 5.82 Å². The zero-order chi connectivity index (χ0) is 10.4. The van der Waals surface area contributed by atoms with Crippen LogP contribution in [0.3, 0.4) is 0 Å². The van der Waals surface area contributed by atoms with Crippen LogP contribution in [0, 0.1) is 0 Å². The summed E-state index contributed by atoms with van der Waals surface area (Å²) in [5.41, 5.74) is 5.64. The lowest BCUT2D eigenvalue weighted by Gasteiger charge is -2.19. The summed E-state index contributed by atoms with van der Waals surface area (Å²) >= 11 is 0. The number of tetrazole rings is 1. The van der Waals surface area contributed by atoms with Crippen LogP contribution in [0.4, 0.5) is 0 Å². The molecule has 1 aromatic rings. The Kier molecular flexibility index (Phi) is 4.00. The van der Waals surface area contributed by atoms with Crippen LogP contribution >= 0.6 is 0 Å². The molecule has 1 aromatic heterocycles. The highest BCUT2D eigenvalue weighted by atomic mass is 15.5. The topological polar surface area (TPSA) is 80.5 Å². The lowest BCUT2D eigenvalue weighted by Crippen LogP contribution is -2.34. The predicted octanol–water partition coefficient (Wildman–Crippen LogP) is 1.34. The number of aromatic nitrogens is 4. The van der Waals surface area contributed by atoms with Crippen molar-refractivity contribution in [3.8, 4) is 0 Å². The minimum atomic E-state index is -0.444. The van der Waals surface area contributed by atoms with Crippen LogP contribution in [0.2, 0.25) is 0 Å².